The molecular weight excluding hydrogens is 260 g/mol. The lowest BCUT2D eigenvalue weighted by atomic mass is 9.84. The van der Waals surface area contributed by atoms with Gasteiger partial charge in [-0.2, -0.15) is 0 Å². The van der Waals surface area contributed by atoms with Crippen molar-refractivity contribution >= 4 is 11.6 Å². The molecule has 0 bridgehead atoms. The summed E-state index contributed by atoms with van der Waals surface area (Å²) in [6.07, 6.45) is 6.52. The second-order valence-electron chi connectivity index (χ2n) is 6.31. The van der Waals surface area contributed by atoms with Gasteiger partial charge in [0.1, 0.15) is 0 Å². The largest absolute Gasteiger partial charge is 0.382 e. The van der Waals surface area contributed by atoms with Gasteiger partial charge in [0.05, 0.1) is 0 Å². The Hall–Kier alpha value is -1.51. The van der Waals surface area contributed by atoms with Gasteiger partial charge in [-0.05, 0) is 30.4 Å². The molecule has 1 aliphatic rings. The number of hydrogen-bond acceptors (Lipinski definition) is 2. The number of benzene rings is 1. The van der Waals surface area contributed by atoms with E-state index < -0.39 is 0 Å². The van der Waals surface area contributed by atoms with Gasteiger partial charge < -0.3 is 10.2 Å². The van der Waals surface area contributed by atoms with Gasteiger partial charge in [-0.3, -0.25) is 4.79 Å². The molecule has 1 aromatic rings. The van der Waals surface area contributed by atoms with Crippen LogP contribution in [0.25, 0.3) is 0 Å². The summed E-state index contributed by atoms with van der Waals surface area (Å²) >= 11 is 0. The van der Waals surface area contributed by atoms with E-state index in [4.69, 9.17) is 0 Å². The van der Waals surface area contributed by atoms with Gasteiger partial charge in [0.2, 0.25) is 5.91 Å². The summed E-state index contributed by atoms with van der Waals surface area (Å²) in [6.45, 7) is 4.58. The smallest absolute Gasteiger partial charge is 0.219 e. The van der Waals surface area contributed by atoms with Crippen molar-refractivity contribution in [1.82, 2.24) is 4.90 Å². The number of amides is 1. The third kappa shape index (κ3) is 4.48. The lowest BCUT2D eigenvalue weighted by molar-refractivity contribution is -0.128. The number of carbonyl (C=O) groups is 1. The predicted octanol–water partition coefficient (Wildman–Crippen LogP) is 4.05. The third-order valence-corrected chi connectivity index (χ3v) is 4.68. The fraction of sp³-hybridized carbons (Fsp3) is 0.611. The van der Waals surface area contributed by atoms with Gasteiger partial charge in [0.15, 0.2) is 0 Å². The highest BCUT2D eigenvalue weighted by Crippen LogP contribution is 2.29. The van der Waals surface area contributed by atoms with Gasteiger partial charge in [-0.1, -0.05) is 44.4 Å². The van der Waals surface area contributed by atoms with E-state index >= 15 is 0 Å². The van der Waals surface area contributed by atoms with Crippen molar-refractivity contribution in [3.8, 4) is 0 Å². The first-order valence-electron chi connectivity index (χ1n) is 8.16. The minimum absolute atomic E-state index is 0.105. The first kappa shape index (κ1) is 15.9. The van der Waals surface area contributed by atoms with Gasteiger partial charge in [0.25, 0.3) is 0 Å². The van der Waals surface area contributed by atoms with Crippen LogP contribution in [0.5, 0.6) is 0 Å². The normalized spacial score (nSPS) is 21.9. The average Bonchev–Trinajstić information content (AvgIpc) is 2.49. The molecule has 1 amide bonds. The third-order valence-electron chi connectivity index (χ3n) is 4.68. The molecule has 2 atom stereocenters. The van der Waals surface area contributed by atoms with Crippen molar-refractivity contribution < 1.29 is 4.79 Å². The van der Waals surface area contributed by atoms with Crippen molar-refractivity contribution in [1.29, 1.82) is 0 Å². The van der Waals surface area contributed by atoms with Gasteiger partial charge >= 0.3 is 0 Å². The van der Waals surface area contributed by atoms with Crippen LogP contribution in [-0.4, -0.2) is 23.9 Å². The maximum absolute atomic E-state index is 11.4. The molecule has 3 nitrogen and oxygen atoms in total. The second-order valence-corrected chi connectivity index (χ2v) is 6.31. The van der Waals surface area contributed by atoms with Crippen molar-refractivity contribution in [2.45, 2.75) is 58.5 Å². The summed E-state index contributed by atoms with van der Waals surface area (Å²) in [5.41, 5.74) is 2.39. The van der Waals surface area contributed by atoms with Crippen LogP contribution < -0.4 is 5.32 Å². The topological polar surface area (TPSA) is 32.3 Å². The average molecular weight is 288 g/mol. The van der Waals surface area contributed by atoms with E-state index in [0.717, 1.165) is 5.92 Å². The van der Waals surface area contributed by atoms with Crippen LogP contribution in [0.3, 0.4) is 0 Å². The fourth-order valence-corrected chi connectivity index (χ4v) is 3.18. The summed E-state index contributed by atoms with van der Waals surface area (Å²) in [6, 6.07) is 8.94. The Balaban J connectivity index is 2.04. The number of rotatable bonds is 5. The van der Waals surface area contributed by atoms with Crippen LogP contribution in [0.1, 0.15) is 51.5 Å². The molecule has 1 saturated carbocycles. The lowest BCUT2D eigenvalue weighted by Crippen LogP contribution is -2.28. The fourth-order valence-electron chi connectivity index (χ4n) is 3.18. The van der Waals surface area contributed by atoms with Crippen molar-refractivity contribution in [2.24, 2.45) is 5.92 Å². The molecule has 1 N–H and O–H groups in total. The summed E-state index contributed by atoms with van der Waals surface area (Å²) in [4.78, 5) is 13.2. The molecule has 1 aromatic carbocycles. The molecule has 2 unspecified atom stereocenters. The van der Waals surface area contributed by atoms with Crippen LogP contribution in [0.4, 0.5) is 5.69 Å². The number of carbonyl (C=O) groups excluding carboxylic acids is 1. The Labute approximate surface area is 128 Å². The van der Waals surface area contributed by atoms with Crippen LogP contribution in [-0.2, 0) is 11.3 Å². The molecule has 0 heterocycles. The molecule has 0 saturated heterocycles. The molecule has 0 radical (unpaired) electrons. The van der Waals surface area contributed by atoms with E-state index in [2.05, 4.69) is 30.4 Å². The van der Waals surface area contributed by atoms with E-state index in [9.17, 15) is 4.79 Å². The number of anilines is 1. The molecular formula is C18H28N2O. The molecule has 2 rings (SSSR count). The van der Waals surface area contributed by atoms with E-state index in [1.54, 1.807) is 11.8 Å². The van der Waals surface area contributed by atoms with Crippen LogP contribution >= 0.6 is 0 Å². The number of para-hydroxylation sites is 1. The van der Waals surface area contributed by atoms with E-state index in [1.807, 2.05) is 13.1 Å². The number of nitrogens with one attached hydrogen (secondary N) is 1. The number of hydrogen-bond donors (Lipinski definition) is 1. The monoisotopic (exact) mass is 288 g/mol. The molecule has 1 aliphatic carbocycles. The highest BCUT2D eigenvalue weighted by Gasteiger charge is 2.21. The zero-order valence-electron chi connectivity index (χ0n) is 13.6. The summed E-state index contributed by atoms with van der Waals surface area (Å²) in [5, 5.41) is 3.72. The first-order chi connectivity index (χ1) is 10.1. The number of nitrogens with zero attached hydrogens (tertiary/aromatic N) is 1. The Kier molecular flexibility index (Phi) is 5.66. The summed E-state index contributed by atoms with van der Waals surface area (Å²) in [5.74, 6) is 0.969. The van der Waals surface area contributed by atoms with E-state index in [-0.39, 0.29) is 5.91 Å². The molecule has 0 aliphatic heterocycles. The van der Waals surface area contributed by atoms with E-state index in [0.29, 0.717) is 12.6 Å². The Morgan fingerprint density at radius 1 is 1.33 bits per heavy atom. The highest BCUT2D eigenvalue weighted by atomic mass is 16.2. The Morgan fingerprint density at radius 2 is 2.10 bits per heavy atom. The van der Waals surface area contributed by atoms with Crippen molar-refractivity contribution in [2.75, 3.05) is 12.4 Å². The van der Waals surface area contributed by atoms with Crippen LogP contribution in [0, 0.1) is 5.92 Å². The molecule has 3 heteroatoms. The van der Waals surface area contributed by atoms with Gasteiger partial charge in [-0.15, -0.1) is 0 Å². The zero-order valence-corrected chi connectivity index (χ0v) is 13.6. The highest BCUT2D eigenvalue weighted by molar-refractivity contribution is 5.73. The quantitative estimate of drug-likeness (QED) is 0.886. The molecule has 1 fully saturated rings. The maximum atomic E-state index is 11.4. The maximum Gasteiger partial charge on any atom is 0.219 e. The first-order valence-corrected chi connectivity index (χ1v) is 8.16. The second kappa shape index (κ2) is 7.48. The molecule has 0 spiro atoms. The van der Waals surface area contributed by atoms with Crippen molar-refractivity contribution in [3.63, 3.8) is 0 Å². The zero-order chi connectivity index (χ0) is 15.2. The summed E-state index contributed by atoms with van der Waals surface area (Å²) < 4.78 is 0. The molecule has 0 aromatic heterocycles. The molecule has 21 heavy (non-hydrogen) atoms. The lowest BCUT2D eigenvalue weighted by Gasteiger charge is -2.31. The van der Waals surface area contributed by atoms with Crippen LogP contribution in [0.15, 0.2) is 24.3 Å². The van der Waals surface area contributed by atoms with Crippen molar-refractivity contribution in [3.05, 3.63) is 29.8 Å². The minimum Gasteiger partial charge on any atom is -0.382 e. The summed E-state index contributed by atoms with van der Waals surface area (Å²) in [7, 11) is 1.85. The SMILES string of the molecule is CCC1CCCC(Nc2ccccc2CN(C)C(C)=O)C1. The van der Waals surface area contributed by atoms with E-state index in [1.165, 1.54) is 43.4 Å². The predicted molar refractivity (Wildman–Crippen MR) is 88.2 cm³/mol. The minimum atomic E-state index is 0.105. The van der Waals surface area contributed by atoms with Gasteiger partial charge in [0, 0.05) is 32.2 Å². The Morgan fingerprint density at radius 3 is 2.81 bits per heavy atom. The molecule has 116 valence electrons. The Bertz CT molecular complexity index is 472. The standard InChI is InChI=1S/C18H28N2O/c1-4-15-8-7-10-17(12-15)19-18-11-6-5-9-16(18)13-20(3)14(2)21/h5-6,9,11,15,17,19H,4,7-8,10,12-13H2,1-3H3. The van der Waals surface area contributed by atoms with Gasteiger partial charge in [-0.25, -0.2) is 0 Å². The van der Waals surface area contributed by atoms with Crippen LogP contribution in [0.2, 0.25) is 0 Å².